The summed E-state index contributed by atoms with van der Waals surface area (Å²) in [7, 11) is -2.37. The Morgan fingerprint density at radius 2 is 1.88 bits per heavy atom. The number of aryl methyl sites for hydroxylation is 2. The van der Waals surface area contributed by atoms with E-state index in [-0.39, 0.29) is 17.3 Å². The lowest BCUT2D eigenvalue weighted by Crippen LogP contribution is -2.35. The van der Waals surface area contributed by atoms with E-state index < -0.39 is 10.0 Å². The Bertz CT molecular complexity index is 882. The van der Waals surface area contributed by atoms with Gasteiger partial charge in [-0.15, -0.1) is 0 Å². The lowest BCUT2D eigenvalue weighted by atomic mass is 10.1. The van der Waals surface area contributed by atoms with Crippen LogP contribution in [0.5, 0.6) is 0 Å². The number of nitrogens with one attached hydrogen (secondary N) is 1. The van der Waals surface area contributed by atoms with Crippen LogP contribution in [0.4, 0.5) is 5.69 Å². The minimum absolute atomic E-state index is 0.141. The van der Waals surface area contributed by atoms with Gasteiger partial charge in [0.25, 0.3) is 0 Å². The Kier molecular flexibility index (Phi) is 6.37. The van der Waals surface area contributed by atoms with E-state index in [1.165, 1.54) is 13.1 Å². The molecule has 7 heteroatoms. The van der Waals surface area contributed by atoms with E-state index >= 15 is 0 Å². The van der Waals surface area contributed by atoms with Crippen LogP contribution in [0, 0.1) is 6.92 Å². The van der Waals surface area contributed by atoms with Gasteiger partial charge < -0.3 is 5.32 Å². The highest BCUT2D eigenvalue weighted by molar-refractivity contribution is 9.10. The van der Waals surface area contributed by atoms with Crippen molar-refractivity contribution in [1.82, 2.24) is 4.31 Å². The molecule has 2 rings (SSSR count). The zero-order valence-electron chi connectivity index (χ0n) is 14.4. The maximum Gasteiger partial charge on any atom is 0.244 e. The molecule has 0 saturated heterocycles. The van der Waals surface area contributed by atoms with E-state index in [1.54, 1.807) is 12.1 Å². The van der Waals surface area contributed by atoms with Crippen molar-refractivity contribution in [2.75, 3.05) is 18.9 Å². The number of para-hydroxylation sites is 1. The molecule has 2 aromatic rings. The van der Waals surface area contributed by atoms with Crippen LogP contribution in [0.3, 0.4) is 0 Å². The van der Waals surface area contributed by atoms with Crippen molar-refractivity contribution in [3.63, 3.8) is 0 Å². The van der Waals surface area contributed by atoms with Crippen LogP contribution in [0.15, 0.2) is 51.8 Å². The molecule has 0 spiro atoms. The van der Waals surface area contributed by atoms with Gasteiger partial charge in [-0.2, -0.15) is 4.31 Å². The van der Waals surface area contributed by atoms with Gasteiger partial charge in [0.1, 0.15) is 0 Å². The van der Waals surface area contributed by atoms with E-state index in [9.17, 15) is 13.2 Å². The number of likely N-dealkylation sites (N-methyl/N-ethyl adjacent to an activating group) is 1. The van der Waals surface area contributed by atoms with E-state index in [0.29, 0.717) is 10.2 Å². The van der Waals surface area contributed by atoms with Crippen molar-refractivity contribution >= 4 is 37.5 Å². The highest BCUT2D eigenvalue weighted by atomic mass is 79.9. The summed E-state index contributed by atoms with van der Waals surface area (Å²) in [6.45, 7) is 3.61. The molecule has 1 amide bonds. The molecule has 0 heterocycles. The summed E-state index contributed by atoms with van der Waals surface area (Å²) >= 11 is 3.28. The lowest BCUT2D eigenvalue weighted by molar-refractivity contribution is -0.116. The van der Waals surface area contributed by atoms with Gasteiger partial charge in [0.05, 0.1) is 11.4 Å². The van der Waals surface area contributed by atoms with E-state index in [0.717, 1.165) is 21.9 Å². The summed E-state index contributed by atoms with van der Waals surface area (Å²) in [5, 5.41) is 2.78. The quantitative estimate of drug-likeness (QED) is 0.770. The molecule has 134 valence electrons. The maximum atomic E-state index is 12.7. The third-order valence-corrected chi connectivity index (χ3v) is 6.59. The summed E-state index contributed by atoms with van der Waals surface area (Å²) in [5.41, 5.74) is 2.65. The number of rotatable bonds is 6. The second-order valence-corrected chi connectivity index (χ2v) is 8.62. The van der Waals surface area contributed by atoms with Crippen LogP contribution in [0.2, 0.25) is 0 Å². The molecule has 0 saturated carbocycles. The number of hydrogen-bond donors (Lipinski definition) is 1. The average molecular weight is 425 g/mol. The average Bonchev–Trinajstić information content (AvgIpc) is 2.54. The first-order valence-corrected chi connectivity index (χ1v) is 10.1. The third kappa shape index (κ3) is 4.68. The molecule has 0 aliphatic heterocycles. The molecule has 25 heavy (non-hydrogen) atoms. The van der Waals surface area contributed by atoms with E-state index in [4.69, 9.17) is 0 Å². The van der Waals surface area contributed by atoms with Gasteiger partial charge in [0, 0.05) is 17.2 Å². The van der Waals surface area contributed by atoms with Crippen LogP contribution in [-0.4, -0.2) is 32.2 Å². The molecule has 2 aromatic carbocycles. The number of nitrogens with zero attached hydrogens (tertiary/aromatic N) is 1. The largest absolute Gasteiger partial charge is 0.325 e. The first-order chi connectivity index (χ1) is 11.8. The summed E-state index contributed by atoms with van der Waals surface area (Å²) < 4.78 is 26.9. The van der Waals surface area contributed by atoms with E-state index in [1.807, 2.05) is 38.1 Å². The predicted molar refractivity (Wildman–Crippen MR) is 103 cm³/mol. The Hall–Kier alpha value is -1.70. The molecule has 0 radical (unpaired) electrons. The van der Waals surface area contributed by atoms with Crippen LogP contribution in [0.25, 0.3) is 0 Å². The van der Waals surface area contributed by atoms with Crippen molar-refractivity contribution < 1.29 is 13.2 Å². The van der Waals surface area contributed by atoms with Gasteiger partial charge in [-0.1, -0.05) is 31.2 Å². The molecule has 0 aliphatic rings. The number of carbonyl (C=O) groups is 1. The number of carbonyl (C=O) groups excluding carboxylic acids is 1. The molecule has 0 unspecified atom stereocenters. The Balaban J connectivity index is 2.15. The van der Waals surface area contributed by atoms with Crippen molar-refractivity contribution in [2.45, 2.75) is 25.2 Å². The topological polar surface area (TPSA) is 66.5 Å². The molecule has 5 nitrogen and oxygen atoms in total. The second kappa shape index (κ2) is 8.12. The van der Waals surface area contributed by atoms with Crippen LogP contribution < -0.4 is 5.32 Å². The van der Waals surface area contributed by atoms with Crippen LogP contribution in [0.1, 0.15) is 18.1 Å². The van der Waals surface area contributed by atoms with Gasteiger partial charge in [-0.05, 0) is 58.6 Å². The van der Waals surface area contributed by atoms with Gasteiger partial charge in [-0.25, -0.2) is 8.42 Å². The maximum absolute atomic E-state index is 12.7. The molecule has 0 aliphatic carbocycles. The third-order valence-electron chi connectivity index (χ3n) is 3.81. The molecular formula is C18H21BrN2O3S. The molecule has 0 atom stereocenters. The van der Waals surface area contributed by atoms with Crippen molar-refractivity contribution in [1.29, 1.82) is 0 Å². The number of benzene rings is 2. The number of anilines is 1. The fraction of sp³-hybridized carbons (Fsp3) is 0.278. The van der Waals surface area contributed by atoms with Crippen molar-refractivity contribution in [2.24, 2.45) is 0 Å². The number of halogens is 1. The van der Waals surface area contributed by atoms with Crippen LogP contribution >= 0.6 is 15.9 Å². The molecule has 0 fully saturated rings. The molecular weight excluding hydrogens is 404 g/mol. The molecule has 0 aromatic heterocycles. The first kappa shape index (κ1) is 19.6. The zero-order valence-corrected chi connectivity index (χ0v) is 16.8. The Labute approximate surface area is 157 Å². The van der Waals surface area contributed by atoms with Gasteiger partial charge in [0.15, 0.2) is 0 Å². The number of amides is 1. The zero-order chi connectivity index (χ0) is 18.6. The molecule has 0 bridgehead atoms. The summed E-state index contributed by atoms with van der Waals surface area (Å²) in [6.07, 6.45) is 0.779. The second-order valence-electron chi connectivity index (χ2n) is 5.75. The number of sulfonamides is 1. The van der Waals surface area contributed by atoms with Crippen molar-refractivity contribution in [3.8, 4) is 0 Å². The smallest absolute Gasteiger partial charge is 0.244 e. The standard InChI is InChI=1S/C18H21BrN2O3S/c1-4-14-7-5-6-8-16(14)20-18(22)12-21(3)25(23,24)17-10-9-13(2)11-15(17)19/h5-11H,4,12H2,1-3H3,(H,20,22). The minimum atomic E-state index is -3.76. The van der Waals surface area contributed by atoms with Gasteiger partial charge in [0.2, 0.25) is 15.9 Å². The van der Waals surface area contributed by atoms with E-state index in [2.05, 4.69) is 21.2 Å². The highest BCUT2D eigenvalue weighted by Crippen LogP contribution is 2.25. The number of hydrogen-bond acceptors (Lipinski definition) is 3. The highest BCUT2D eigenvalue weighted by Gasteiger charge is 2.25. The SMILES string of the molecule is CCc1ccccc1NC(=O)CN(C)S(=O)(=O)c1ccc(C)cc1Br. The van der Waals surface area contributed by atoms with Gasteiger partial charge >= 0.3 is 0 Å². The fourth-order valence-electron chi connectivity index (χ4n) is 2.41. The minimum Gasteiger partial charge on any atom is -0.325 e. The summed E-state index contributed by atoms with van der Waals surface area (Å²) in [4.78, 5) is 12.4. The monoisotopic (exact) mass is 424 g/mol. The Morgan fingerprint density at radius 1 is 1.20 bits per heavy atom. The fourth-order valence-corrected chi connectivity index (χ4v) is 4.69. The Morgan fingerprint density at radius 3 is 2.52 bits per heavy atom. The molecule has 1 N–H and O–H groups in total. The van der Waals surface area contributed by atoms with Gasteiger partial charge in [-0.3, -0.25) is 4.79 Å². The predicted octanol–water partition coefficient (Wildman–Crippen LogP) is 3.58. The van der Waals surface area contributed by atoms with Crippen molar-refractivity contribution in [3.05, 3.63) is 58.1 Å². The lowest BCUT2D eigenvalue weighted by Gasteiger charge is -2.18. The summed E-state index contributed by atoms with van der Waals surface area (Å²) in [5.74, 6) is -0.379. The normalized spacial score (nSPS) is 11.6. The van der Waals surface area contributed by atoms with Crippen LogP contribution in [-0.2, 0) is 21.2 Å². The summed E-state index contributed by atoms with van der Waals surface area (Å²) in [6, 6.07) is 12.5. The first-order valence-electron chi connectivity index (χ1n) is 7.86.